The maximum atomic E-state index is 5.64. The molecule has 36 heavy (non-hydrogen) atoms. The van der Waals surface area contributed by atoms with Gasteiger partial charge in [-0.2, -0.15) is 9.61 Å². The summed E-state index contributed by atoms with van der Waals surface area (Å²) in [5.41, 5.74) is 5.29. The number of hydrogen-bond donors (Lipinski definition) is 1. The summed E-state index contributed by atoms with van der Waals surface area (Å²) in [6.07, 6.45) is 7.60. The van der Waals surface area contributed by atoms with Crippen LogP contribution >= 0.6 is 0 Å². The first-order chi connectivity index (χ1) is 17.8. The van der Waals surface area contributed by atoms with Crippen molar-refractivity contribution in [3.8, 4) is 11.3 Å². The van der Waals surface area contributed by atoms with Gasteiger partial charge in [-0.1, -0.05) is 25.0 Å². The van der Waals surface area contributed by atoms with Crippen LogP contribution in [0.2, 0.25) is 0 Å². The van der Waals surface area contributed by atoms with Crippen molar-refractivity contribution in [3.63, 3.8) is 0 Å². The van der Waals surface area contributed by atoms with Crippen molar-refractivity contribution in [1.29, 1.82) is 0 Å². The molecule has 5 heterocycles. The zero-order valence-corrected chi connectivity index (χ0v) is 20.9. The molecule has 1 saturated carbocycles. The van der Waals surface area contributed by atoms with E-state index in [1.54, 1.807) is 0 Å². The second-order valence-corrected chi connectivity index (χ2v) is 10.5. The lowest BCUT2D eigenvalue weighted by atomic mass is 10.1. The average molecular weight is 486 g/mol. The fourth-order valence-corrected chi connectivity index (χ4v) is 6.33. The number of aromatic amines is 1. The van der Waals surface area contributed by atoms with Crippen LogP contribution in [0.25, 0.3) is 27.8 Å². The molecular weight excluding hydrogens is 450 g/mol. The zero-order chi connectivity index (χ0) is 23.9. The molecule has 0 bridgehead atoms. The number of fused-ring (bicyclic) bond motifs is 2. The van der Waals surface area contributed by atoms with Gasteiger partial charge in [0.2, 0.25) is 0 Å². The normalized spacial score (nSPS) is 20.7. The van der Waals surface area contributed by atoms with E-state index < -0.39 is 0 Å². The summed E-state index contributed by atoms with van der Waals surface area (Å²) in [6.45, 7) is 8.70. The Morgan fingerprint density at radius 3 is 2.61 bits per heavy atom. The van der Waals surface area contributed by atoms with Gasteiger partial charge in [-0.3, -0.25) is 9.80 Å². The van der Waals surface area contributed by atoms with Crippen LogP contribution in [-0.4, -0.2) is 87.9 Å². The number of nitrogens with one attached hydrogen (secondary N) is 1. The predicted octanol–water partition coefficient (Wildman–Crippen LogP) is 3.77. The van der Waals surface area contributed by atoms with E-state index in [1.165, 1.54) is 44.2 Å². The van der Waals surface area contributed by atoms with Gasteiger partial charge < -0.3 is 14.6 Å². The highest BCUT2D eigenvalue weighted by atomic mass is 16.5. The summed E-state index contributed by atoms with van der Waals surface area (Å²) >= 11 is 0. The molecule has 0 atom stereocenters. The monoisotopic (exact) mass is 485 g/mol. The number of hydrogen-bond acceptors (Lipinski definition) is 6. The standard InChI is InChI=1S/C28H35N7O/c1-2-5-22(4-1)33-12-10-32(11-13-33)20-21-18-27-30-26(23-6-3-7-25-24(23)8-9-29-25)19-28(35(27)31-21)34-14-16-36-17-15-34/h3,6-9,18-19,22,29H,1-2,4-5,10-17,20H2. The van der Waals surface area contributed by atoms with Gasteiger partial charge in [-0.05, 0) is 25.0 Å². The maximum Gasteiger partial charge on any atom is 0.158 e. The van der Waals surface area contributed by atoms with Gasteiger partial charge in [0.05, 0.1) is 24.6 Å². The third-order valence-corrected chi connectivity index (χ3v) is 8.30. The summed E-state index contributed by atoms with van der Waals surface area (Å²) in [4.78, 5) is 16.1. The van der Waals surface area contributed by atoms with Gasteiger partial charge >= 0.3 is 0 Å². The Kier molecular flexibility index (Phi) is 5.88. The lowest BCUT2D eigenvalue weighted by Crippen LogP contribution is -2.49. The van der Waals surface area contributed by atoms with Crippen molar-refractivity contribution in [3.05, 3.63) is 48.3 Å². The van der Waals surface area contributed by atoms with Crippen LogP contribution in [0.3, 0.4) is 0 Å². The number of aromatic nitrogens is 4. The zero-order valence-electron chi connectivity index (χ0n) is 20.9. The van der Waals surface area contributed by atoms with Gasteiger partial charge in [0.15, 0.2) is 5.65 Å². The van der Waals surface area contributed by atoms with E-state index in [2.05, 4.69) is 60.6 Å². The molecule has 1 aromatic carbocycles. The Morgan fingerprint density at radius 2 is 1.78 bits per heavy atom. The van der Waals surface area contributed by atoms with E-state index in [1.807, 2.05) is 6.20 Å². The molecule has 0 amide bonds. The maximum absolute atomic E-state index is 5.64. The number of benzene rings is 1. The number of morpholine rings is 1. The van der Waals surface area contributed by atoms with E-state index in [4.69, 9.17) is 14.8 Å². The van der Waals surface area contributed by atoms with Crippen LogP contribution < -0.4 is 4.90 Å². The fourth-order valence-electron chi connectivity index (χ4n) is 6.33. The molecule has 1 aliphatic carbocycles. The highest BCUT2D eigenvalue weighted by Crippen LogP contribution is 2.31. The SMILES string of the molecule is c1cc(-c2cc(N3CCOCC3)n3nc(CN4CCN(C5CCCC5)CC4)cc3n2)c2cc[nH]c2c1. The average Bonchev–Trinajstić information content (AvgIpc) is 3.69. The van der Waals surface area contributed by atoms with Crippen LogP contribution in [-0.2, 0) is 11.3 Å². The minimum Gasteiger partial charge on any atom is -0.378 e. The van der Waals surface area contributed by atoms with Gasteiger partial charge in [-0.25, -0.2) is 4.98 Å². The number of anilines is 1. The molecule has 8 heteroatoms. The third kappa shape index (κ3) is 4.17. The molecule has 4 aromatic rings. The van der Waals surface area contributed by atoms with Crippen LogP contribution in [0, 0.1) is 0 Å². The molecule has 3 fully saturated rings. The number of rotatable bonds is 5. The summed E-state index contributed by atoms with van der Waals surface area (Å²) in [7, 11) is 0. The van der Waals surface area contributed by atoms with Crippen molar-refractivity contribution < 1.29 is 4.74 Å². The Bertz CT molecular complexity index is 1340. The summed E-state index contributed by atoms with van der Waals surface area (Å²) < 4.78 is 7.70. The molecule has 3 aliphatic rings. The summed E-state index contributed by atoms with van der Waals surface area (Å²) in [5.74, 6) is 1.10. The lowest BCUT2D eigenvalue weighted by molar-refractivity contribution is 0.0929. The number of ether oxygens (including phenoxy) is 1. The smallest absolute Gasteiger partial charge is 0.158 e. The molecule has 0 unspecified atom stereocenters. The van der Waals surface area contributed by atoms with Crippen LogP contribution in [0.1, 0.15) is 31.4 Å². The first kappa shape index (κ1) is 22.3. The first-order valence-corrected chi connectivity index (χ1v) is 13.6. The number of piperazine rings is 1. The molecule has 8 nitrogen and oxygen atoms in total. The van der Waals surface area contributed by atoms with Crippen molar-refractivity contribution in [2.75, 3.05) is 57.4 Å². The van der Waals surface area contributed by atoms with Gasteiger partial charge in [0, 0.05) is 86.7 Å². The first-order valence-electron chi connectivity index (χ1n) is 13.6. The molecule has 2 saturated heterocycles. The minimum absolute atomic E-state index is 0.742. The molecule has 3 aromatic heterocycles. The quantitative estimate of drug-likeness (QED) is 0.464. The van der Waals surface area contributed by atoms with Gasteiger partial charge in [0.25, 0.3) is 0 Å². The largest absolute Gasteiger partial charge is 0.378 e. The summed E-state index contributed by atoms with van der Waals surface area (Å²) in [6, 6.07) is 13.7. The molecule has 0 spiro atoms. The molecule has 2 aliphatic heterocycles. The second kappa shape index (κ2) is 9.50. The second-order valence-electron chi connectivity index (χ2n) is 10.5. The molecule has 0 radical (unpaired) electrons. The van der Waals surface area contributed by atoms with E-state index in [-0.39, 0.29) is 0 Å². The van der Waals surface area contributed by atoms with Gasteiger partial charge in [0.1, 0.15) is 5.82 Å². The molecule has 7 rings (SSSR count). The van der Waals surface area contributed by atoms with E-state index in [0.29, 0.717) is 0 Å². The van der Waals surface area contributed by atoms with Crippen molar-refractivity contribution in [1.82, 2.24) is 29.4 Å². The minimum atomic E-state index is 0.742. The summed E-state index contributed by atoms with van der Waals surface area (Å²) in [5, 5.41) is 6.27. The lowest BCUT2D eigenvalue weighted by Gasteiger charge is -2.37. The molecule has 1 N–H and O–H groups in total. The molecular formula is C28H35N7O. The van der Waals surface area contributed by atoms with Crippen molar-refractivity contribution in [2.45, 2.75) is 38.3 Å². The third-order valence-electron chi connectivity index (χ3n) is 8.30. The Morgan fingerprint density at radius 1 is 0.944 bits per heavy atom. The topological polar surface area (TPSA) is 64.9 Å². The molecule has 188 valence electrons. The van der Waals surface area contributed by atoms with Crippen molar-refractivity contribution >= 4 is 22.4 Å². The fraction of sp³-hybridized carbons (Fsp3) is 0.500. The van der Waals surface area contributed by atoms with Crippen LogP contribution in [0.4, 0.5) is 5.82 Å². The van der Waals surface area contributed by atoms with Crippen LogP contribution in [0.5, 0.6) is 0 Å². The highest BCUT2D eigenvalue weighted by Gasteiger charge is 2.27. The Hall–Kier alpha value is -2.94. The van der Waals surface area contributed by atoms with E-state index >= 15 is 0 Å². The van der Waals surface area contributed by atoms with Crippen LogP contribution in [0.15, 0.2) is 42.6 Å². The predicted molar refractivity (Wildman–Crippen MR) is 142 cm³/mol. The number of nitrogens with zero attached hydrogens (tertiary/aromatic N) is 6. The van der Waals surface area contributed by atoms with E-state index in [9.17, 15) is 0 Å². The van der Waals surface area contributed by atoms with Gasteiger partial charge in [-0.15, -0.1) is 0 Å². The highest BCUT2D eigenvalue weighted by molar-refractivity contribution is 5.94. The number of H-pyrrole nitrogens is 1. The van der Waals surface area contributed by atoms with E-state index in [0.717, 1.165) is 85.9 Å². The Balaban J connectivity index is 1.19. The van der Waals surface area contributed by atoms with Crippen molar-refractivity contribution in [2.24, 2.45) is 0 Å². The Labute approximate surface area is 211 Å².